The van der Waals surface area contributed by atoms with E-state index in [-0.39, 0.29) is 23.7 Å². The largest absolute Gasteiger partial charge is 0.349 e. The van der Waals surface area contributed by atoms with E-state index in [1.807, 2.05) is 19.9 Å². The van der Waals surface area contributed by atoms with Gasteiger partial charge in [-0.2, -0.15) is 0 Å². The molecular formula is C26H33N3O5S. The van der Waals surface area contributed by atoms with Crippen LogP contribution in [0.25, 0.3) is 0 Å². The number of carbonyl (C=O) groups excluding carboxylic acids is 3. The fourth-order valence-electron chi connectivity index (χ4n) is 4.21. The molecule has 2 unspecified atom stereocenters. The number of benzene rings is 1. The molecule has 2 heterocycles. The summed E-state index contributed by atoms with van der Waals surface area (Å²) in [4.78, 5) is 43.1. The molecule has 1 aromatic carbocycles. The molecule has 0 radical (unpaired) electrons. The van der Waals surface area contributed by atoms with Gasteiger partial charge in [0.2, 0.25) is 15.8 Å². The van der Waals surface area contributed by atoms with Crippen molar-refractivity contribution in [3.8, 4) is 0 Å². The number of carbonyl (C=O) groups is 3. The van der Waals surface area contributed by atoms with Gasteiger partial charge in [0, 0.05) is 31.3 Å². The van der Waals surface area contributed by atoms with Gasteiger partial charge in [0.15, 0.2) is 5.78 Å². The van der Waals surface area contributed by atoms with Crippen LogP contribution in [0.5, 0.6) is 0 Å². The van der Waals surface area contributed by atoms with E-state index in [0.717, 1.165) is 17.5 Å². The predicted molar refractivity (Wildman–Crippen MR) is 132 cm³/mol. The summed E-state index contributed by atoms with van der Waals surface area (Å²) in [7, 11) is -3.93. The highest BCUT2D eigenvalue weighted by molar-refractivity contribution is 7.89. The number of hydrogen-bond donors (Lipinski definition) is 2. The topological polar surface area (TPSA) is 122 Å². The number of aromatic nitrogens is 1. The van der Waals surface area contributed by atoms with E-state index in [4.69, 9.17) is 0 Å². The van der Waals surface area contributed by atoms with Crippen molar-refractivity contribution in [2.75, 3.05) is 6.54 Å². The van der Waals surface area contributed by atoms with E-state index in [1.54, 1.807) is 30.6 Å². The summed E-state index contributed by atoms with van der Waals surface area (Å²) in [6, 6.07) is 8.89. The number of sulfonamides is 1. The molecule has 9 heteroatoms. The SMILES string of the molecule is CC(C)CC(NS(=O)(=O)c1ccccc1)C(=O)CC1CCc2cncc(c2)CCCNC(=O)C1=O. The van der Waals surface area contributed by atoms with E-state index >= 15 is 0 Å². The summed E-state index contributed by atoms with van der Waals surface area (Å²) < 4.78 is 28.3. The molecule has 0 aliphatic carbocycles. The number of pyridine rings is 1. The van der Waals surface area contributed by atoms with Gasteiger partial charge in [-0.3, -0.25) is 19.4 Å². The lowest BCUT2D eigenvalue weighted by Gasteiger charge is -2.22. The summed E-state index contributed by atoms with van der Waals surface area (Å²) in [6.07, 6.45) is 5.79. The van der Waals surface area contributed by atoms with Crippen LogP contribution in [0.2, 0.25) is 0 Å². The van der Waals surface area contributed by atoms with E-state index in [2.05, 4.69) is 15.0 Å². The number of rotatable bonds is 8. The van der Waals surface area contributed by atoms with Crippen molar-refractivity contribution in [1.29, 1.82) is 0 Å². The lowest BCUT2D eigenvalue weighted by molar-refractivity contribution is -0.141. The average molecular weight is 500 g/mol. The van der Waals surface area contributed by atoms with Gasteiger partial charge in [0.1, 0.15) is 0 Å². The number of amides is 1. The number of nitrogens with zero attached hydrogens (tertiary/aromatic N) is 1. The summed E-state index contributed by atoms with van der Waals surface area (Å²) in [5.74, 6) is -2.55. The van der Waals surface area contributed by atoms with Crippen molar-refractivity contribution in [3.05, 3.63) is 59.9 Å². The molecule has 2 atom stereocenters. The Morgan fingerprint density at radius 1 is 1.11 bits per heavy atom. The Balaban J connectivity index is 1.80. The van der Waals surface area contributed by atoms with Crippen LogP contribution in [-0.2, 0) is 37.2 Å². The third kappa shape index (κ3) is 7.80. The van der Waals surface area contributed by atoms with E-state index in [1.165, 1.54) is 12.1 Å². The zero-order valence-corrected chi connectivity index (χ0v) is 21.0. The van der Waals surface area contributed by atoms with Gasteiger partial charge in [-0.25, -0.2) is 13.1 Å². The standard InChI is InChI=1S/C26H33N3O5S/c1-18(2)13-23(29-35(33,34)22-8-4-3-5-9-22)24(30)15-21-11-10-20-14-19(16-27-17-20)7-6-12-28-26(32)25(21)31/h3-5,8-9,14,16-18,21,23,29H,6-7,10-13,15H2,1-2H3,(H,28,32). The predicted octanol–water partition coefficient (Wildman–Crippen LogP) is 2.61. The van der Waals surface area contributed by atoms with Gasteiger partial charge in [-0.15, -0.1) is 0 Å². The molecule has 2 bridgehead atoms. The van der Waals surface area contributed by atoms with Crippen LogP contribution < -0.4 is 10.0 Å². The number of hydrogen-bond acceptors (Lipinski definition) is 6. The molecule has 35 heavy (non-hydrogen) atoms. The van der Waals surface area contributed by atoms with Gasteiger partial charge in [0.05, 0.1) is 10.9 Å². The van der Waals surface area contributed by atoms with Crippen molar-refractivity contribution in [2.24, 2.45) is 11.8 Å². The third-order valence-corrected chi connectivity index (χ3v) is 7.54. The first-order chi connectivity index (χ1) is 16.7. The summed E-state index contributed by atoms with van der Waals surface area (Å²) >= 11 is 0. The van der Waals surface area contributed by atoms with Crippen LogP contribution in [0.1, 0.15) is 50.7 Å². The second-order valence-corrected chi connectivity index (χ2v) is 11.2. The van der Waals surface area contributed by atoms with Gasteiger partial charge in [0.25, 0.3) is 5.91 Å². The van der Waals surface area contributed by atoms with Crippen LogP contribution in [0.3, 0.4) is 0 Å². The highest BCUT2D eigenvalue weighted by Gasteiger charge is 2.32. The lowest BCUT2D eigenvalue weighted by atomic mass is 9.87. The van der Waals surface area contributed by atoms with Crippen LogP contribution in [0.15, 0.2) is 53.7 Å². The fraction of sp³-hybridized carbons (Fsp3) is 0.462. The number of aryl methyl sites for hydroxylation is 2. The first kappa shape index (κ1) is 26.7. The minimum Gasteiger partial charge on any atom is -0.349 e. The van der Waals surface area contributed by atoms with E-state index in [0.29, 0.717) is 25.8 Å². The Kier molecular flexibility index (Phi) is 9.28. The second kappa shape index (κ2) is 12.2. The van der Waals surface area contributed by atoms with Gasteiger partial charge in [-0.1, -0.05) is 38.1 Å². The monoisotopic (exact) mass is 499 g/mol. The minimum absolute atomic E-state index is 0.0338. The third-order valence-electron chi connectivity index (χ3n) is 6.05. The van der Waals surface area contributed by atoms with Crippen LogP contribution in [0.4, 0.5) is 0 Å². The Morgan fingerprint density at radius 2 is 1.80 bits per heavy atom. The van der Waals surface area contributed by atoms with Crippen LogP contribution >= 0.6 is 0 Å². The second-order valence-electron chi connectivity index (χ2n) is 9.45. The van der Waals surface area contributed by atoms with E-state index in [9.17, 15) is 22.8 Å². The zero-order valence-electron chi connectivity index (χ0n) is 20.2. The molecule has 188 valence electrons. The first-order valence-corrected chi connectivity index (χ1v) is 13.5. The molecule has 8 nitrogen and oxygen atoms in total. The highest BCUT2D eigenvalue weighted by Crippen LogP contribution is 2.21. The number of nitrogens with one attached hydrogen (secondary N) is 2. The number of fused-ring (bicyclic) bond motifs is 2. The molecule has 1 aromatic heterocycles. The highest BCUT2D eigenvalue weighted by atomic mass is 32.2. The fourth-order valence-corrected chi connectivity index (χ4v) is 5.46. The Hall–Kier alpha value is -2.91. The Bertz CT molecular complexity index is 1150. The van der Waals surface area contributed by atoms with Crippen molar-refractivity contribution in [1.82, 2.24) is 15.0 Å². The molecule has 0 saturated carbocycles. The first-order valence-electron chi connectivity index (χ1n) is 12.0. The number of Topliss-reactive ketones (excluding diaryl/α,β-unsaturated/α-hetero) is 2. The quantitative estimate of drug-likeness (QED) is 0.539. The maximum absolute atomic E-state index is 13.3. The van der Waals surface area contributed by atoms with Crippen LogP contribution in [0, 0.1) is 11.8 Å². The van der Waals surface area contributed by atoms with Gasteiger partial charge < -0.3 is 5.32 Å². The molecule has 3 rings (SSSR count). The summed E-state index contributed by atoms with van der Waals surface area (Å²) in [5.41, 5.74) is 2.00. The van der Waals surface area contributed by atoms with Crippen molar-refractivity contribution < 1.29 is 22.8 Å². The van der Waals surface area contributed by atoms with Crippen molar-refractivity contribution >= 4 is 27.5 Å². The van der Waals surface area contributed by atoms with Gasteiger partial charge >= 0.3 is 0 Å². The zero-order chi connectivity index (χ0) is 25.4. The summed E-state index contributed by atoms with van der Waals surface area (Å²) in [6.45, 7) is 4.14. The molecule has 1 amide bonds. The molecular weight excluding hydrogens is 466 g/mol. The van der Waals surface area contributed by atoms with E-state index < -0.39 is 39.5 Å². The average Bonchev–Trinajstić information content (AvgIpc) is 2.83. The molecule has 1 aliphatic heterocycles. The molecule has 2 N–H and O–H groups in total. The minimum atomic E-state index is -3.93. The number of ketones is 2. The Labute approximate surface area is 207 Å². The summed E-state index contributed by atoms with van der Waals surface area (Å²) in [5, 5.41) is 2.65. The molecule has 0 saturated heterocycles. The molecule has 2 aromatic rings. The lowest BCUT2D eigenvalue weighted by Crippen LogP contribution is -2.44. The smallest absolute Gasteiger partial charge is 0.287 e. The van der Waals surface area contributed by atoms with Gasteiger partial charge in [-0.05, 0) is 61.3 Å². The molecule has 0 spiro atoms. The molecule has 1 aliphatic rings. The van der Waals surface area contributed by atoms with Crippen molar-refractivity contribution in [2.45, 2.75) is 63.3 Å². The normalized spacial score (nSPS) is 18.3. The maximum Gasteiger partial charge on any atom is 0.287 e. The van der Waals surface area contributed by atoms with Crippen LogP contribution in [-0.4, -0.2) is 43.5 Å². The molecule has 0 fully saturated rings. The maximum atomic E-state index is 13.3. The van der Waals surface area contributed by atoms with Crippen molar-refractivity contribution in [3.63, 3.8) is 0 Å². The Morgan fingerprint density at radius 3 is 2.49 bits per heavy atom.